The van der Waals surface area contributed by atoms with Crippen LogP contribution in [0.1, 0.15) is 30.9 Å². The number of hydrogen-bond donors (Lipinski definition) is 1. The Kier molecular flexibility index (Phi) is 4.47. The van der Waals surface area contributed by atoms with Gasteiger partial charge in [-0.15, -0.1) is 0 Å². The van der Waals surface area contributed by atoms with Crippen LogP contribution < -0.4 is 5.32 Å². The van der Waals surface area contributed by atoms with Crippen LogP contribution in [0.15, 0.2) is 36.8 Å². The Morgan fingerprint density at radius 2 is 2.17 bits per heavy atom. The number of pyridine rings is 1. The predicted molar refractivity (Wildman–Crippen MR) is 72.2 cm³/mol. The quantitative estimate of drug-likeness (QED) is 0.846. The minimum absolute atomic E-state index is 0.229. The van der Waals surface area contributed by atoms with Crippen molar-refractivity contribution in [3.63, 3.8) is 0 Å². The summed E-state index contributed by atoms with van der Waals surface area (Å²) in [5, 5.41) is 3.54. The van der Waals surface area contributed by atoms with Crippen LogP contribution in [-0.2, 0) is 13.5 Å². The maximum atomic E-state index is 4.44. The second-order valence-electron chi connectivity index (χ2n) is 4.42. The van der Waals surface area contributed by atoms with Gasteiger partial charge in [0, 0.05) is 32.1 Å². The summed E-state index contributed by atoms with van der Waals surface area (Å²) in [4.78, 5) is 8.83. The van der Waals surface area contributed by atoms with Gasteiger partial charge < -0.3 is 9.88 Å². The van der Waals surface area contributed by atoms with Crippen molar-refractivity contribution in [3.05, 3.63) is 48.3 Å². The molecule has 0 amide bonds. The summed E-state index contributed by atoms with van der Waals surface area (Å²) < 4.78 is 2.06. The topological polar surface area (TPSA) is 42.7 Å². The molecule has 0 saturated carbocycles. The van der Waals surface area contributed by atoms with Crippen LogP contribution in [0.4, 0.5) is 0 Å². The number of aromatic nitrogens is 3. The molecule has 2 heterocycles. The summed E-state index contributed by atoms with van der Waals surface area (Å²) in [6.45, 7) is 3.16. The fraction of sp³-hybridized carbons (Fsp3) is 0.429. The fourth-order valence-corrected chi connectivity index (χ4v) is 1.96. The zero-order valence-corrected chi connectivity index (χ0v) is 11.0. The van der Waals surface area contributed by atoms with Crippen LogP contribution in [0.5, 0.6) is 0 Å². The van der Waals surface area contributed by atoms with Crippen molar-refractivity contribution in [2.45, 2.75) is 25.8 Å². The van der Waals surface area contributed by atoms with E-state index in [-0.39, 0.29) is 6.04 Å². The lowest BCUT2D eigenvalue weighted by Crippen LogP contribution is -2.25. The zero-order valence-electron chi connectivity index (χ0n) is 11.0. The van der Waals surface area contributed by atoms with E-state index in [0.29, 0.717) is 0 Å². The van der Waals surface area contributed by atoms with Crippen molar-refractivity contribution >= 4 is 0 Å². The first-order valence-electron chi connectivity index (χ1n) is 6.41. The predicted octanol–water partition coefficient (Wildman–Crippen LogP) is 2.10. The minimum atomic E-state index is 0.229. The molecule has 0 radical (unpaired) electrons. The van der Waals surface area contributed by atoms with E-state index in [1.807, 2.05) is 37.8 Å². The molecule has 0 bridgehead atoms. The van der Waals surface area contributed by atoms with Crippen molar-refractivity contribution < 1.29 is 0 Å². The molecule has 1 atom stereocenters. The monoisotopic (exact) mass is 244 g/mol. The molecular weight excluding hydrogens is 224 g/mol. The van der Waals surface area contributed by atoms with Crippen LogP contribution >= 0.6 is 0 Å². The summed E-state index contributed by atoms with van der Waals surface area (Å²) in [7, 11) is 2.03. The highest BCUT2D eigenvalue weighted by atomic mass is 15.0. The van der Waals surface area contributed by atoms with Crippen LogP contribution in [0.2, 0.25) is 0 Å². The molecule has 4 nitrogen and oxygen atoms in total. The molecule has 0 spiro atoms. The van der Waals surface area contributed by atoms with E-state index in [4.69, 9.17) is 0 Å². The summed E-state index contributed by atoms with van der Waals surface area (Å²) in [6, 6.07) is 6.27. The Balaban J connectivity index is 2.13. The van der Waals surface area contributed by atoms with Gasteiger partial charge >= 0.3 is 0 Å². The third-order valence-electron chi connectivity index (χ3n) is 2.99. The molecule has 4 heteroatoms. The highest BCUT2D eigenvalue weighted by Crippen LogP contribution is 2.15. The third kappa shape index (κ3) is 3.17. The molecule has 1 unspecified atom stereocenters. The molecule has 0 aliphatic heterocycles. The van der Waals surface area contributed by atoms with E-state index in [0.717, 1.165) is 30.9 Å². The Morgan fingerprint density at radius 3 is 2.78 bits per heavy atom. The van der Waals surface area contributed by atoms with Crippen molar-refractivity contribution in [2.75, 3.05) is 6.54 Å². The van der Waals surface area contributed by atoms with Crippen LogP contribution in [-0.4, -0.2) is 21.1 Å². The molecule has 0 aliphatic carbocycles. The highest BCUT2D eigenvalue weighted by molar-refractivity contribution is 5.11. The Morgan fingerprint density at radius 1 is 1.28 bits per heavy atom. The van der Waals surface area contributed by atoms with E-state index in [9.17, 15) is 0 Å². The second-order valence-corrected chi connectivity index (χ2v) is 4.42. The van der Waals surface area contributed by atoms with Crippen LogP contribution in [0.25, 0.3) is 0 Å². The lowest BCUT2D eigenvalue weighted by atomic mass is 10.1. The van der Waals surface area contributed by atoms with Gasteiger partial charge in [-0.2, -0.15) is 0 Å². The van der Waals surface area contributed by atoms with Gasteiger partial charge in [-0.05, 0) is 25.1 Å². The number of nitrogens with zero attached hydrogens (tertiary/aromatic N) is 3. The third-order valence-corrected chi connectivity index (χ3v) is 2.99. The average Bonchev–Trinajstić information content (AvgIpc) is 2.81. The van der Waals surface area contributed by atoms with Crippen LogP contribution in [0.3, 0.4) is 0 Å². The van der Waals surface area contributed by atoms with Crippen molar-refractivity contribution in [3.8, 4) is 0 Å². The Hall–Kier alpha value is -1.68. The fourth-order valence-electron chi connectivity index (χ4n) is 1.96. The average molecular weight is 244 g/mol. The summed E-state index contributed by atoms with van der Waals surface area (Å²) in [5.74, 6) is 1.08. The van der Waals surface area contributed by atoms with Gasteiger partial charge in [0.15, 0.2) is 0 Å². The maximum absolute atomic E-state index is 4.44. The molecule has 2 rings (SSSR count). The molecule has 0 fully saturated rings. The Labute approximate surface area is 108 Å². The first-order chi connectivity index (χ1) is 8.81. The van der Waals surface area contributed by atoms with E-state index in [1.165, 1.54) is 0 Å². The number of aryl methyl sites for hydroxylation is 1. The summed E-state index contributed by atoms with van der Waals surface area (Å²) >= 11 is 0. The van der Waals surface area contributed by atoms with Gasteiger partial charge in [-0.1, -0.05) is 13.0 Å². The molecule has 18 heavy (non-hydrogen) atoms. The molecule has 0 saturated heterocycles. The van der Waals surface area contributed by atoms with Gasteiger partial charge in [0.05, 0.1) is 11.7 Å². The van der Waals surface area contributed by atoms with Gasteiger partial charge in [-0.3, -0.25) is 4.98 Å². The van der Waals surface area contributed by atoms with Gasteiger partial charge in [0.2, 0.25) is 0 Å². The number of imidazole rings is 1. The second kappa shape index (κ2) is 6.31. The SMILES string of the molecule is CCCNC(Cc1nccn1C)c1ccccn1. The van der Waals surface area contributed by atoms with Crippen LogP contribution in [0, 0.1) is 0 Å². The molecule has 2 aromatic heterocycles. The standard InChI is InChI=1S/C14H20N4/c1-3-7-15-13(12-6-4-5-8-16-12)11-14-17-9-10-18(14)2/h4-6,8-10,13,15H,3,7,11H2,1-2H3. The van der Waals surface area contributed by atoms with Crippen molar-refractivity contribution in [1.29, 1.82) is 0 Å². The van der Waals surface area contributed by atoms with E-state index < -0.39 is 0 Å². The summed E-state index contributed by atoms with van der Waals surface area (Å²) in [5.41, 5.74) is 1.08. The van der Waals surface area contributed by atoms with E-state index in [1.54, 1.807) is 0 Å². The van der Waals surface area contributed by atoms with Gasteiger partial charge in [0.25, 0.3) is 0 Å². The molecular formula is C14H20N4. The number of hydrogen-bond acceptors (Lipinski definition) is 3. The molecule has 96 valence electrons. The van der Waals surface area contributed by atoms with Gasteiger partial charge in [-0.25, -0.2) is 4.98 Å². The van der Waals surface area contributed by atoms with Crippen molar-refractivity contribution in [1.82, 2.24) is 19.9 Å². The Bertz CT molecular complexity index is 464. The lowest BCUT2D eigenvalue weighted by molar-refractivity contribution is 0.501. The maximum Gasteiger partial charge on any atom is 0.110 e. The van der Waals surface area contributed by atoms with E-state index >= 15 is 0 Å². The van der Waals surface area contributed by atoms with Gasteiger partial charge in [0.1, 0.15) is 5.82 Å². The number of rotatable bonds is 6. The van der Waals surface area contributed by atoms with Crippen molar-refractivity contribution in [2.24, 2.45) is 7.05 Å². The first kappa shape index (κ1) is 12.8. The lowest BCUT2D eigenvalue weighted by Gasteiger charge is -2.17. The molecule has 1 N–H and O–H groups in total. The first-order valence-corrected chi connectivity index (χ1v) is 6.41. The summed E-state index contributed by atoms with van der Waals surface area (Å²) in [6.07, 6.45) is 7.63. The highest BCUT2D eigenvalue weighted by Gasteiger charge is 2.14. The zero-order chi connectivity index (χ0) is 12.8. The molecule has 2 aromatic rings. The molecule has 0 aliphatic rings. The smallest absolute Gasteiger partial charge is 0.110 e. The molecule has 0 aromatic carbocycles. The normalized spacial score (nSPS) is 12.6. The van der Waals surface area contributed by atoms with E-state index in [2.05, 4.69) is 32.8 Å². The number of nitrogens with one attached hydrogen (secondary N) is 1. The largest absolute Gasteiger partial charge is 0.338 e. The minimum Gasteiger partial charge on any atom is -0.338 e.